The van der Waals surface area contributed by atoms with Gasteiger partial charge >= 0.3 is 0 Å². The van der Waals surface area contributed by atoms with Crippen molar-refractivity contribution in [2.75, 3.05) is 31.1 Å². The van der Waals surface area contributed by atoms with Gasteiger partial charge in [-0.05, 0) is 40.8 Å². The van der Waals surface area contributed by atoms with Crippen LogP contribution in [0.25, 0.3) is 0 Å². The Morgan fingerprint density at radius 2 is 1.67 bits per heavy atom. The molecular weight excluding hydrogens is 379 g/mol. The summed E-state index contributed by atoms with van der Waals surface area (Å²) in [6.07, 6.45) is 3.48. The van der Waals surface area contributed by atoms with Crippen LogP contribution in [-0.4, -0.2) is 47.0 Å². The highest BCUT2D eigenvalue weighted by molar-refractivity contribution is 14.1. The highest BCUT2D eigenvalue weighted by atomic mass is 127. The number of piperazine rings is 1. The highest BCUT2D eigenvalue weighted by Gasteiger charge is 2.24. The second-order valence-corrected chi connectivity index (χ2v) is 5.97. The monoisotopic (exact) mass is 394 g/mol. The predicted octanol–water partition coefficient (Wildman–Crippen LogP) is 2.04. The molecule has 0 N–H and O–H groups in total. The van der Waals surface area contributed by atoms with Crippen molar-refractivity contribution in [3.8, 4) is 0 Å². The maximum absolute atomic E-state index is 12.5. The lowest BCUT2D eigenvalue weighted by Crippen LogP contribution is -2.49. The third-order valence-corrected chi connectivity index (χ3v) is 4.45. The van der Waals surface area contributed by atoms with Crippen molar-refractivity contribution in [2.45, 2.75) is 0 Å². The molecule has 5 nitrogen and oxygen atoms in total. The van der Waals surface area contributed by atoms with Gasteiger partial charge in [0.1, 0.15) is 0 Å². The topological polar surface area (TPSA) is 49.3 Å². The fourth-order valence-corrected chi connectivity index (χ4v) is 2.99. The summed E-state index contributed by atoms with van der Waals surface area (Å²) in [5.41, 5.74) is 0.780. The van der Waals surface area contributed by atoms with E-state index in [0.717, 1.165) is 28.2 Å². The summed E-state index contributed by atoms with van der Waals surface area (Å²) in [6.45, 7) is 2.92. The number of carbonyl (C=O) groups is 1. The first-order chi connectivity index (χ1) is 10.3. The van der Waals surface area contributed by atoms with Gasteiger partial charge in [-0.1, -0.05) is 12.1 Å². The van der Waals surface area contributed by atoms with Gasteiger partial charge in [-0.25, -0.2) is 9.97 Å². The normalized spacial score (nSPS) is 15.1. The fourth-order valence-electron chi connectivity index (χ4n) is 2.37. The quantitative estimate of drug-likeness (QED) is 0.732. The number of aromatic nitrogens is 2. The summed E-state index contributed by atoms with van der Waals surface area (Å²) >= 11 is 2.21. The van der Waals surface area contributed by atoms with E-state index in [1.807, 2.05) is 29.2 Å². The molecule has 1 aromatic carbocycles. The van der Waals surface area contributed by atoms with E-state index in [4.69, 9.17) is 0 Å². The predicted molar refractivity (Wildman–Crippen MR) is 89.3 cm³/mol. The van der Waals surface area contributed by atoms with Crippen LogP contribution in [0.5, 0.6) is 0 Å². The first kappa shape index (κ1) is 14.2. The van der Waals surface area contributed by atoms with Gasteiger partial charge in [0, 0.05) is 42.1 Å². The summed E-state index contributed by atoms with van der Waals surface area (Å²) < 4.78 is 0.994. The molecule has 1 amide bonds. The maximum Gasteiger partial charge on any atom is 0.255 e. The first-order valence-electron chi connectivity index (χ1n) is 6.81. The Hall–Kier alpha value is -1.70. The van der Waals surface area contributed by atoms with Crippen LogP contribution in [0.1, 0.15) is 10.4 Å². The fraction of sp³-hybridized carbons (Fsp3) is 0.267. The van der Waals surface area contributed by atoms with Crippen molar-refractivity contribution >= 4 is 34.4 Å². The van der Waals surface area contributed by atoms with Crippen LogP contribution in [0, 0.1) is 3.57 Å². The number of anilines is 1. The minimum Gasteiger partial charge on any atom is -0.337 e. The van der Waals surface area contributed by atoms with Crippen LogP contribution in [-0.2, 0) is 0 Å². The number of carbonyl (C=O) groups excluding carboxylic acids is 1. The van der Waals surface area contributed by atoms with E-state index in [-0.39, 0.29) is 5.91 Å². The van der Waals surface area contributed by atoms with Gasteiger partial charge in [-0.2, -0.15) is 0 Å². The SMILES string of the molecule is O=C(c1ccccc1I)N1CCN(c2ncccn2)CC1. The zero-order valence-electron chi connectivity index (χ0n) is 11.4. The van der Waals surface area contributed by atoms with E-state index < -0.39 is 0 Å². The molecule has 0 spiro atoms. The molecule has 1 fully saturated rings. The van der Waals surface area contributed by atoms with Gasteiger partial charge in [-0.3, -0.25) is 4.79 Å². The summed E-state index contributed by atoms with van der Waals surface area (Å²) in [6, 6.07) is 9.51. The zero-order valence-corrected chi connectivity index (χ0v) is 13.6. The molecule has 108 valence electrons. The van der Waals surface area contributed by atoms with E-state index in [1.165, 1.54) is 0 Å². The molecule has 1 aromatic heterocycles. The van der Waals surface area contributed by atoms with Gasteiger partial charge in [-0.15, -0.1) is 0 Å². The number of halogens is 1. The Morgan fingerprint density at radius 1 is 1.00 bits per heavy atom. The Balaban J connectivity index is 1.66. The van der Waals surface area contributed by atoms with Crippen molar-refractivity contribution in [1.82, 2.24) is 14.9 Å². The van der Waals surface area contributed by atoms with Crippen LogP contribution < -0.4 is 4.90 Å². The molecule has 6 heteroatoms. The molecular formula is C15H15IN4O. The average Bonchev–Trinajstić information content (AvgIpc) is 2.56. The summed E-state index contributed by atoms with van der Waals surface area (Å²) in [5, 5.41) is 0. The van der Waals surface area contributed by atoms with E-state index in [2.05, 4.69) is 37.5 Å². The average molecular weight is 394 g/mol. The first-order valence-corrected chi connectivity index (χ1v) is 7.89. The lowest BCUT2D eigenvalue weighted by Gasteiger charge is -2.34. The molecule has 21 heavy (non-hydrogen) atoms. The summed E-state index contributed by atoms with van der Waals surface area (Å²) in [7, 11) is 0. The molecule has 2 heterocycles. The number of hydrogen-bond acceptors (Lipinski definition) is 4. The molecule has 1 aliphatic rings. The summed E-state index contributed by atoms with van der Waals surface area (Å²) in [4.78, 5) is 25.1. The van der Waals surface area contributed by atoms with Crippen molar-refractivity contribution in [3.63, 3.8) is 0 Å². The van der Waals surface area contributed by atoms with Gasteiger partial charge in [0.15, 0.2) is 0 Å². The molecule has 1 saturated heterocycles. The molecule has 0 radical (unpaired) electrons. The van der Waals surface area contributed by atoms with E-state index in [0.29, 0.717) is 13.1 Å². The molecule has 0 saturated carbocycles. The molecule has 1 aliphatic heterocycles. The minimum atomic E-state index is 0.105. The molecule has 3 rings (SSSR count). The number of amides is 1. The molecule has 0 unspecified atom stereocenters. The van der Waals surface area contributed by atoms with Crippen molar-refractivity contribution in [2.24, 2.45) is 0 Å². The lowest BCUT2D eigenvalue weighted by atomic mass is 10.2. The van der Waals surface area contributed by atoms with Crippen LogP contribution in [0.4, 0.5) is 5.95 Å². The third-order valence-electron chi connectivity index (χ3n) is 3.51. The number of nitrogens with zero attached hydrogens (tertiary/aromatic N) is 4. The molecule has 0 bridgehead atoms. The third kappa shape index (κ3) is 3.15. The van der Waals surface area contributed by atoms with E-state index in [1.54, 1.807) is 18.5 Å². The molecule has 0 atom stereocenters. The Bertz CT molecular complexity index is 627. The van der Waals surface area contributed by atoms with Crippen molar-refractivity contribution in [1.29, 1.82) is 0 Å². The standard InChI is InChI=1S/C15H15IN4O/c16-13-5-2-1-4-12(13)14(21)19-8-10-20(11-9-19)15-17-6-3-7-18-15/h1-7H,8-11H2. The van der Waals surface area contributed by atoms with Crippen molar-refractivity contribution < 1.29 is 4.79 Å². The van der Waals surface area contributed by atoms with Crippen LogP contribution in [0.15, 0.2) is 42.7 Å². The molecule has 0 aliphatic carbocycles. The number of hydrogen-bond donors (Lipinski definition) is 0. The Labute approximate surface area is 137 Å². The van der Waals surface area contributed by atoms with Crippen LogP contribution in [0.2, 0.25) is 0 Å². The lowest BCUT2D eigenvalue weighted by molar-refractivity contribution is 0.0745. The minimum absolute atomic E-state index is 0.105. The second-order valence-electron chi connectivity index (χ2n) is 4.81. The van der Waals surface area contributed by atoms with Crippen LogP contribution >= 0.6 is 22.6 Å². The highest BCUT2D eigenvalue weighted by Crippen LogP contribution is 2.16. The smallest absolute Gasteiger partial charge is 0.255 e. The molecule has 2 aromatic rings. The largest absolute Gasteiger partial charge is 0.337 e. The number of benzene rings is 1. The van der Waals surface area contributed by atoms with Crippen molar-refractivity contribution in [3.05, 3.63) is 51.9 Å². The van der Waals surface area contributed by atoms with Gasteiger partial charge < -0.3 is 9.80 Å². The maximum atomic E-state index is 12.5. The van der Waals surface area contributed by atoms with Gasteiger partial charge in [0.05, 0.1) is 5.56 Å². The van der Waals surface area contributed by atoms with E-state index in [9.17, 15) is 4.79 Å². The van der Waals surface area contributed by atoms with Crippen LogP contribution in [0.3, 0.4) is 0 Å². The van der Waals surface area contributed by atoms with E-state index >= 15 is 0 Å². The number of rotatable bonds is 2. The van der Waals surface area contributed by atoms with Gasteiger partial charge in [0.25, 0.3) is 5.91 Å². The second kappa shape index (κ2) is 6.38. The zero-order chi connectivity index (χ0) is 14.7. The Morgan fingerprint density at radius 3 is 2.33 bits per heavy atom. The van der Waals surface area contributed by atoms with Gasteiger partial charge in [0.2, 0.25) is 5.95 Å². The Kier molecular flexibility index (Phi) is 4.33. The summed E-state index contributed by atoms with van der Waals surface area (Å²) in [5.74, 6) is 0.840.